The van der Waals surface area contributed by atoms with Gasteiger partial charge in [-0.1, -0.05) is 53.7 Å². The lowest BCUT2D eigenvalue weighted by Crippen LogP contribution is -2.31. The first kappa shape index (κ1) is 20.0. The van der Waals surface area contributed by atoms with Gasteiger partial charge in [0.2, 0.25) is 0 Å². The smallest absolute Gasteiger partial charge is 0.335 e. The first-order valence-electron chi connectivity index (χ1n) is 8.95. The van der Waals surface area contributed by atoms with Gasteiger partial charge in [-0.05, 0) is 41.4 Å². The number of allylic oxidation sites excluding steroid dienone is 3. The van der Waals surface area contributed by atoms with Crippen LogP contribution in [-0.4, -0.2) is 16.9 Å². The molecule has 1 atom stereocenters. The molecule has 0 saturated carbocycles. The zero-order valence-electron chi connectivity index (χ0n) is 16.5. The Hall–Kier alpha value is -2.36. The van der Waals surface area contributed by atoms with Gasteiger partial charge in [-0.15, -0.1) is 0 Å². The van der Waals surface area contributed by atoms with Crippen molar-refractivity contribution in [3.63, 3.8) is 0 Å². The lowest BCUT2D eigenvalue weighted by atomic mass is 9.68. The van der Waals surface area contributed by atoms with E-state index in [0.29, 0.717) is 12.1 Å². The highest BCUT2D eigenvalue weighted by molar-refractivity contribution is 6.10. The standard InChI is InChI=1S/C22H29NO3/c1-21(2,3)16-10-15(19(24)18(12-16)22(4,5)6)13-23-17-9-7-8-14(11-17)20(25)26/h7-9,11-13,16,23H,10H2,1-6H3,(H,25,26)/b15-13-. The summed E-state index contributed by atoms with van der Waals surface area (Å²) in [6.45, 7) is 12.7. The van der Waals surface area contributed by atoms with Gasteiger partial charge in [-0.2, -0.15) is 0 Å². The molecule has 1 aromatic carbocycles. The average molecular weight is 355 g/mol. The molecular weight excluding hydrogens is 326 g/mol. The van der Waals surface area contributed by atoms with Gasteiger partial charge < -0.3 is 10.4 Å². The van der Waals surface area contributed by atoms with Crippen molar-refractivity contribution in [2.45, 2.75) is 48.0 Å². The van der Waals surface area contributed by atoms with Crippen LogP contribution in [0.2, 0.25) is 0 Å². The van der Waals surface area contributed by atoms with E-state index in [2.05, 4.69) is 52.9 Å². The molecule has 0 fully saturated rings. The molecule has 2 rings (SSSR count). The molecule has 1 aliphatic carbocycles. The van der Waals surface area contributed by atoms with Crippen molar-refractivity contribution in [1.29, 1.82) is 0 Å². The predicted octanol–water partition coefficient (Wildman–Crippen LogP) is 5.29. The summed E-state index contributed by atoms with van der Waals surface area (Å²) in [5, 5.41) is 12.2. The van der Waals surface area contributed by atoms with Crippen LogP contribution in [-0.2, 0) is 4.79 Å². The predicted molar refractivity (Wildman–Crippen MR) is 105 cm³/mol. The minimum atomic E-state index is -0.971. The van der Waals surface area contributed by atoms with Gasteiger partial charge in [0, 0.05) is 23.0 Å². The third-order valence-corrected chi connectivity index (χ3v) is 4.79. The Balaban J connectivity index is 2.35. The van der Waals surface area contributed by atoms with Crippen LogP contribution in [0.5, 0.6) is 0 Å². The van der Waals surface area contributed by atoms with Crippen LogP contribution < -0.4 is 5.32 Å². The summed E-state index contributed by atoms with van der Waals surface area (Å²) < 4.78 is 0. The van der Waals surface area contributed by atoms with Crippen LogP contribution in [0.4, 0.5) is 5.69 Å². The highest BCUT2D eigenvalue weighted by atomic mass is 16.4. The number of carbonyl (C=O) groups excluding carboxylic acids is 1. The number of hydrogen-bond donors (Lipinski definition) is 2. The number of rotatable bonds is 3. The molecule has 0 bridgehead atoms. The Kier molecular flexibility index (Phi) is 5.45. The highest BCUT2D eigenvalue weighted by Gasteiger charge is 2.36. The first-order chi connectivity index (χ1) is 11.9. The Bertz CT molecular complexity index is 773. The highest BCUT2D eigenvalue weighted by Crippen LogP contribution is 2.41. The molecule has 0 saturated heterocycles. The second-order valence-corrected chi connectivity index (χ2v) is 9.04. The van der Waals surface area contributed by atoms with Gasteiger partial charge in [-0.25, -0.2) is 4.79 Å². The second-order valence-electron chi connectivity index (χ2n) is 9.04. The minimum Gasteiger partial charge on any atom is -0.478 e. The van der Waals surface area contributed by atoms with Crippen LogP contribution >= 0.6 is 0 Å². The molecule has 0 aliphatic heterocycles. The zero-order chi connectivity index (χ0) is 19.7. The number of carboxylic acid groups (broad SMARTS) is 1. The molecule has 0 amide bonds. The lowest BCUT2D eigenvalue weighted by molar-refractivity contribution is -0.113. The summed E-state index contributed by atoms with van der Waals surface area (Å²) in [5.41, 5.74) is 2.28. The number of anilines is 1. The van der Waals surface area contributed by atoms with Crippen molar-refractivity contribution in [2.75, 3.05) is 5.32 Å². The van der Waals surface area contributed by atoms with Crippen molar-refractivity contribution in [3.8, 4) is 0 Å². The minimum absolute atomic E-state index is 0.0551. The Morgan fingerprint density at radius 2 is 1.85 bits per heavy atom. The van der Waals surface area contributed by atoms with Crippen LogP contribution in [0.1, 0.15) is 58.3 Å². The Labute approximate surface area is 156 Å². The number of carboxylic acids is 1. The number of ketones is 1. The number of carbonyl (C=O) groups is 2. The second kappa shape index (κ2) is 7.10. The topological polar surface area (TPSA) is 66.4 Å². The van der Waals surface area contributed by atoms with Crippen molar-refractivity contribution in [3.05, 3.63) is 53.3 Å². The number of Topliss-reactive ketones (excluding diaryl/α,β-unsaturated/α-hetero) is 1. The summed E-state index contributed by atoms with van der Waals surface area (Å²) in [7, 11) is 0. The van der Waals surface area contributed by atoms with E-state index in [1.54, 1.807) is 30.5 Å². The molecule has 1 aliphatic rings. The van der Waals surface area contributed by atoms with Gasteiger partial charge in [0.1, 0.15) is 0 Å². The molecule has 140 valence electrons. The van der Waals surface area contributed by atoms with E-state index in [1.807, 2.05) is 0 Å². The maximum Gasteiger partial charge on any atom is 0.335 e. The van der Waals surface area contributed by atoms with Gasteiger partial charge in [-0.3, -0.25) is 4.79 Å². The molecule has 0 aromatic heterocycles. The fraction of sp³-hybridized carbons (Fsp3) is 0.455. The maximum atomic E-state index is 13.0. The molecule has 2 N–H and O–H groups in total. The monoisotopic (exact) mass is 355 g/mol. The van der Waals surface area contributed by atoms with E-state index in [9.17, 15) is 9.59 Å². The summed E-state index contributed by atoms with van der Waals surface area (Å²) in [4.78, 5) is 24.1. The quantitative estimate of drug-likeness (QED) is 0.723. The molecule has 4 heteroatoms. The van der Waals surface area contributed by atoms with E-state index in [1.165, 1.54) is 0 Å². The van der Waals surface area contributed by atoms with Crippen LogP contribution in [0.15, 0.2) is 47.7 Å². The third-order valence-electron chi connectivity index (χ3n) is 4.79. The SMILES string of the molecule is CC(C)(C)C1=CC(C(C)(C)C)C/C(=C/Nc2cccc(C(=O)O)c2)C1=O. The van der Waals surface area contributed by atoms with Crippen molar-refractivity contribution in [1.82, 2.24) is 0 Å². The van der Waals surface area contributed by atoms with Gasteiger partial charge in [0.25, 0.3) is 0 Å². The maximum absolute atomic E-state index is 13.0. The van der Waals surface area contributed by atoms with Crippen LogP contribution in [0.25, 0.3) is 0 Å². The lowest BCUT2D eigenvalue weighted by Gasteiger charge is -2.36. The molecule has 4 nitrogen and oxygen atoms in total. The van der Waals surface area contributed by atoms with E-state index in [0.717, 1.165) is 11.1 Å². The first-order valence-corrected chi connectivity index (χ1v) is 8.95. The summed E-state index contributed by atoms with van der Waals surface area (Å²) in [5.74, 6) is -0.631. The summed E-state index contributed by atoms with van der Waals surface area (Å²) >= 11 is 0. The van der Waals surface area contributed by atoms with Gasteiger partial charge in [0.15, 0.2) is 5.78 Å². The molecule has 0 spiro atoms. The largest absolute Gasteiger partial charge is 0.478 e. The van der Waals surface area contributed by atoms with E-state index in [4.69, 9.17) is 5.11 Å². The van der Waals surface area contributed by atoms with Gasteiger partial charge in [0.05, 0.1) is 5.56 Å². The Morgan fingerprint density at radius 3 is 2.38 bits per heavy atom. The molecular formula is C22H29NO3. The summed E-state index contributed by atoms with van der Waals surface area (Å²) in [6, 6.07) is 6.58. The number of nitrogens with one attached hydrogen (secondary N) is 1. The number of benzene rings is 1. The fourth-order valence-electron chi connectivity index (χ4n) is 3.02. The van der Waals surface area contributed by atoms with Crippen molar-refractivity contribution in [2.24, 2.45) is 16.7 Å². The number of hydrogen-bond acceptors (Lipinski definition) is 3. The Morgan fingerprint density at radius 1 is 1.19 bits per heavy atom. The average Bonchev–Trinajstić information content (AvgIpc) is 2.51. The van der Waals surface area contributed by atoms with Crippen molar-refractivity contribution < 1.29 is 14.7 Å². The number of aromatic carboxylic acids is 1. The molecule has 0 heterocycles. The van der Waals surface area contributed by atoms with E-state index < -0.39 is 5.97 Å². The normalized spacial score (nSPS) is 20.1. The molecule has 1 unspecified atom stereocenters. The van der Waals surface area contributed by atoms with Crippen molar-refractivity contribution >= 4 is 17.4 Å². The van der Waals surface area contributed by atoms with Crippen LogP contribution in [0.3, 0.4) is 0 Å². The van der Waals surface area contributed by atoms with Crippen LogP contribution in [0, 0.1) is 16.7 Å². The molecule has 1 aromatic rings. The van der Waals surface area contributed by atoms with Gasteiger partial charge >= 0.3 is 5.97 Å². The molecule has 26 heavy (non-hydrogen) atoms. The fourth-order valence-corrected chi connectivity index (χ4v) is 3.02. The zero-order valence-corrected chi connectivity index (χ0v) is 16.5. The van der Waals surface area contributed by atoms with E-state index in [-0.39, 0.29) is 28.1 Å². The van der Waals surface area contributed by atoms with E-state index >= 15 is 0 Å². The third kappa shape index (κ3) is 4.63. The summed E-state index contributed by atoms with van der Waals surface area (Å²) in [6.07, 6.45) is 4.55. The molecule has 0 radical (unpaired) electrons.